The smallest absolute Gasteiger partial charge is 0.179 e. The Hall–Kier alpha value is -1.15. The van der Waals surface area contributed by atoms with E-state index in [1.165, 1.54) is 5.56 Å². The predicted molar refractivity (Wildman–Crippen MR) is 77.3 cm³/mol. The van der Waals surface area contributed by atoms with E-state index in [0.29, 0.717) is 0 Å². The van der Waals surface area contributed by atoms with E-state index >= 15 is 0 Å². The number of rotatable bonds is 4. The van der Waals surface area contributed by atoms with Gasteiger partial charge in [0, 0.05) is 5.56 Å². The van der Waals surface area contributed by atoms with E-state index in [4.69, 9.17) is 0 Å². The fraction of sp³-hybridized carbons (Fsp3) is 0.562. The average Bonchev–Trinajstić information content (AvgIpc) is 2.27. The molecule has 1 N–H and O–H groups in total. The molecule has 0 spiro atoms. The van der Waals surface area contributed by atoms with Crippen LogP contribution < -0.4 is 5.32 Å². The molecular formula is C16H25NO. The second kappa shape index (κ2) is 5.66. The molecule has 0 bridgehead atoms. The number of likely N-dealkylation sites (N-methyl/N-ethyl adjacent to an activating group) is 1. The summed E-state index contributed by atoms with van der Waals surface area (Å²) >= 11 is 0. The summed E-state index contributed by atoms with van der Waals surface area (Å²) in [5, 5.41) is 3.18. The molecule has 0 aliphatic heterocycles. The summed E-state index contributed by atoms with van der Waals surface area (Å²) in [5.41, 5.74) is 3.18. The normalized spacial score (nSPS) is 13.4. The van der Waals surface area contributed by atoms with E-state index in [9.17, 15) is 4.79 Å². The summed E-state index contributed by atoms with van der Waals surface area (Å²) in [7, 11) is 0. The minimum atomic E-state index is -0.121. The Balaban J connectivity index is 3.12. The van der Waals surface area contributed by atoms with Crippen LogP contribution in [-0.2, 0) is 5.41 Å². The van der Waals surface area contributed by atoms with Gasteiger partial charge in [-0.1, -0.05) is 39.8 Å². The standard InChI is InChI=1S/C16H25NO/c1-7-17-12(3)15(18)14-10-13(16(4,5)6)9-8-11(14)2/h8-10,12,17H,7H2,1-6H3. The van der Waals surface area contributed by atoms with Gasteiger partial charge in [0.05, 0.1) is 6.04 Å². The molecule has 0 heterocycles. The highest BCUT2D eigenvalue weighted by Gasteiger charge is 2.20. The number of ketones is 1. The van der Waals surface area contributed by atoms with Crippen LogP contribution >= 0.6 is 0 Å². The van der Waals surface area contributed by atoms with Crippen molar-refractivity contribution in [3.05, 3.63) is 34.9 Å². The van der Waals surface area contributed by atoms with Crippen molar-refractivity contribution in [2.24, 2.45) is 0 Å². The molecule has 0 aromatic heterocycles. The van der Waals surface area contributed by atoms with E-state index in [2.05, 4.69) is 32.2 Å². The third-order valence-electron chi connectivity index (χ3n) is 3.27. The zero-order valence-electron chi connectivity index (χ0n) is 12.4. The van der Waals surface area contributed by atoms with Gasteiger partial charge in [-0.05, 0) is 43.0 Å². The maximum atomic E-state index is 12.4. The topological polar surface area (TPSA) is 29.1 Å². The lowest BCUT2D eigenvalue weighted by molar-refractivity contribution is 0.0951. The molecule has 18 heavy (non-hydrogen) atoms. The molecule has 0 aliphatic rings. The van der Waals surface area contributed by atoms with Crippen LogP contribution in [0.25, 0.3) is 0 Å². The van der Waals surface area contributed by atoms with Crippen LogP contribution in [0.3, 0.4) is 0 Å². The van der Waals surface area contributed by atoms with Gasteiger partial charge >= 0.3 is 0 Å². The first-order valence-electron chi connectivity index (χ1n) is 6.66. The van der Waals surface area contributed by atoms with E-state index in [-0.39, 0.29) is 17.2 Å². The Bertz CT molecular complexity index is 429. The third-order valence-corrected chi connectivity index (χ3v) is 3.27. The van der Waals surface area contributed by atoms with Crippen molar-refractivity contribution in [1.29, 1.82) is 0 Å². The van der Waals surface area contributed by atoms with Gasteiger partial charge in [-0.3, -0.25) is 4.79 Å². The molecule has 0 fully saturated rings. The monoisotopic (exact) mass is 247 g/mol. The highest BCUT2D eigenvalue weighted by Crippen LogP contribution is 2.25. The number of aryl methyl sites for hydroxylation is 1. The first kappa shape index (κ1) is 14.9. The Kier molecular flexibility index (Phi) is 4.69. The molecule has 0 radical (unpaired) electrons. The molecule has 0 amide bonds. The minimum absolute atomic E-state index is 0.0736. The summed E-state index contributed by atoms with van der Waals surface area (Å²) in [6.45, 7) is 13.2. The van der Waals surface area contributed by atoms with Crippen molar-refractivity contribution < 1.29 is 4.79 Å². The number of Topliss-reactive ketones (excluding diaryl/α,β-unsaturated/α-hetero) is 1. The summed E-state index contributed by atoms with van der Waals surface area (Å²) in [4.78, 5) is 12.4. The molecule has 0 saturated carbocycles. The van der Waals surface area contributed by atoms with Crippen molar-refractivity contribution in [2.75, 3.05) is 6.54 Å². The van der Waals surface area contributed by atoms with Crippen LogP contribution in [-0.4, -0.2) is 18.4 Å². The SMILES string of the molecule is CCNC(C)C(=O)c1cc(C(C)(C)C)ccc1C. The van der Waals surface area contributed by atoms with Crippen LogP contribution in [0, 0.1) is 6.92 Å². The molecule has 1 unspecified atom stereocenters. The van der Waals surface area contributed by atoms with Gasteiger partial charge in [-0.15, -0.1) is 0 Å². The van der Waals surface area contributed by atoms with Crippen molar-refractivity contribution in [2.45, 2.75) is 53.0 Å². The summed E-state index contributed by atoms with van der Waals surface area (Å²) in [6.07, 6.45) is 0. The van der Waals surface area contributed by atoms with E-state index in [0.717, 1.165) is 17.7 Å². The number of nitrogens with one attached hydrogen (secondary N) is 1. The van der Waals surface area contributed by atoms with Crippen molar-refractivity contribution in [3.8, 4) is 0 Å². The van der Waals surface area contributed by atoms with Crippen LogP contribution in [0.4, 0.5) is 0 Å². The molecule has 2 nitrogen and oxygen atoms in total. The largest absolute Gasteiger partial charge is 0.308 e. The molecule has 100 valence electrons. The van der Waals surface area contributed by atoms with Crippen molar-refractivity contribution in [3.63, 3.8) is 0 Å². The second-order valence-corrected chi connectivity index (χ2v) is 5.92. The zero-order valence-corrected chi connectivity index (χ0v) is 12.4. The Morgan fingerprint density at radius 3 is 2.44 bits per heavy atom. The highest BCUT2D eigenvalue weighted by molar-refractivity contribution is 6.01. The van der Waals surface area contributed by atoms with Gasteiger partial charge in [0.2, 0.25) is 0 Å². The molecule has 0 aliphatic carbocycles. The van der Waals surface area contributed by atoms with Crippen LogP contribution in [0.1, 0.15) is 56.1 Å². The first-order chi connectivity index (χ1) is 8.27. The Labute approximate surface area is 111 Å². The number of hydrogen-bond acceptors (Lipinski definition) is 2. The van der Waals surface area contributed by atoms with Crippen LogP contribution in [0.2, 0.25) is 0 Å². The molecule has 1 atom stereocenters. The average molecular weight is 247 g/mol. The lowest BCUT2D eigenvalue weighted by atomic mass is 9.84. The molecular weight excluding hydrogens is 222 g/mol. The van der Waals surface area contributed by atoms with E-state index < -0.39 is 0 Å². The highest BCUT2D eigenvalue weighted by atomic mass is 16.1. The predicted octanol–water partition coefficient (Wildman–Crippen LogP) is 3.47. The maximum Gasteiger partial charge on any atom is 0.179 e. The zero-order chi connectivity index (χ0) is 13.9. The quantitative estimate of drug-likeness (QED) is 0.825. The van der Waals surface area contributed by atoms with Gasteiger partial charge in [0.15, 0.2) is 5.78 Å². The van der Waals surface area contributed by atoms with Crippen LogP contribution in [0.5, 0.6) is 0 Å². The minimum Gasteiger partial charge on any atom is -0.308 e. The van der Waals surface area contributed by atoms with Crippen molar-refractivity contribution in [1.82, 2.24) is 5.32 Å². The molecule has 1 aromatic carbocycles. The van der Waals surface area contributed by atoms with Gasteiger partial charge < -0.3 is 5.32 Å². The fourth-order valence-electron chi connectivity index (χ4n) is 1.99. The molecule has 0 saturated heterocycles. The first-order valence-corrected chi connectivity index (χ1v) is 6.66. The Morgan fingerprint density at radius 1 is 1.33 bits per heavy atom. The molecule has 1 rings (SSSR count). The third kappa shape index (κ3) is 3.42. The van der Waals surface area contributed by atoms with Gasteiger partial charge in [0.25, 0.3) is 0 Å². The lowest BCUT2D eigenvalue weighted by Gasteiger charge is -2.21. The maximum absolute atomic E-state index is 12.4. The second-order valence-electron chi connectivity index (χ2n) is 5.92. The van der Waals surface area contributed by atoms with Crippen LogP contribution in [0.15, 0.2) is 18.2 Å². The van der Waals surface area contributed by atoms with Crippen molar-refractivity contribution >= 4 is 5.78 Å². The number of hydrogen-bond donors (Lipinski definition) is 1. The summed E-state index contributed by atoms with van der Waals surface area (Å²) in [5.74, 6) is 0.181. The lowest BCUT2D eigenvalue weighted by Crippen LogP contribution is -2.34. The fourth-order valence-corrected chi connectivity index (χ4v) is 1.99. The van der Waals surface area contributed by atoms with Gasteiger partial charge in [-0.2, -0.15) is 0 Å². The van der Waals surface area contributed by atoms with Gasteiger partial charge in [-0.25, -0.2) is 0 Å². The van der Waals surface area contributed by atoms with E-state index in [1.807, 2.05) is 32.9 Å². The summed E-state index contributed by atoms with van der Waals surface area (Å²) in [6, 6.07) is 6.09. The Morgan fingerprint density at radius 2 is 1.94 bits per heavy atom. The molecule has 2 heteroatoms. The number of benzene rings is 1. The molecule has 1 aromatic rings. The number of carbonyl (C=O) groups is 1. The number of carbonyl (C=O) groups excluding carboxylic acids is 1. The van der Waals surface area contributed by atoms with E-state index in [1.54, 1.807) is 0 Å². The van der Waals surface area contributed by atoms with Gasteiger partial charge in [0.1, 0.15) is 0 Å². The summed E-state index contributed by atoms with van der Waals surface area (Å²) < 4.78 is 0.